The Labute approximate surface area is 70.1 Å². The fourth-order valence-electron chi connectivity index (χ4n) is 1.41. The van der Waals surface area contributed by atoms with Crippen LogP contribution in [0.3, 0.4) is 0 Å². The summed E-state index contributed by atoms with van der Waals surface area (Å²) in [5.41, 5.74) is 5.51. The molecule has 0 rings (SSSR count). The number of nitrogens with two attached hydrogens (primary N) is 1. The molecule has 0 fully saturated rings. The summed E-state index contributed by atoms with van der Waals surface area (Å²) in [6, 6.07) is 0. The van der Waals surface area contributed by atoms with Gasteiger partial charge in [-0.1, -0.05) is 13.8 Å². The zero-order valence-corrected chi connectivity index (χ0v) is 8.18. The summed E-state index contributed by atoms with van der Waals surface area (Å²) in [4.78, 5) is 0. The highest BCUT2D eigenvalue weighted by molar-refractivity contribution is 4.77. The molecule has 2 nitrogen and oxygen atoms in total. The van der Waals surface area contributed by atoms with Crippen LogP contribution in [0.4, 0.5) is 0 Å². The Hall–Kier alpha value is -0.0800. The molecule has 1 unspecified atom stereocenters. The molecule has 0 aromatic rings. The van der Waals surface area contributed by atoms with Crippen LogP contribution >= 0.6 is 0 Å². The van der Waals surface area contributed by atoms with Crippen molar-refractivity contribution in [2.45, 2.75) is 39.7 Å². The molecule has 0 aliphatic heterocycles. The van der Waals surface area contributed by atoms with Gasteiger partial charge in [0, 0.05) is 13.2 Å². The van der Waals surface area contributed by atoms with E-state index in [1.54, 1.807) is 0 Å². The Morgan fingerprint density at radius 3 is 2.27 bits per heavy atom. The van der Waals surface area contributed by atoms with E-state index in [1.807, 2.05) is 6.92 Å². The quantitative estimate of drug-likeness (QED) is 0.663. The van der Waals surface area contributed by atoms with Gasteiger partial charge in [0.1, 0.15) is 0 Å². The topological polar surface area (TPSA) is 35.2 Å². The van der Waals surface area contributed by atoms with Gasteiger partial charge in [-0.05, 0) is 26.2 Å². The van der Waals surface area contributed by atoms with E-state index >= 15 is 0 Å². The van der Waals surface area contributed by atoms with E-state index in [0.717, 1.165) is 13.0 Å². The van der Waals surface area contributed by atoms with Gasteiger partial charge in [0.25, 0.3) is 0 Å². The van der Waals surface area contributed by atoms with Crippen LogP contribution in [-0.2, 0) is 4.74 Å². The first-order valence-electron chi connectivity index (χ1n) is 4.38. The third kappa shape index (κ3) is 4.38. The summed E-state index contributed by atoms with van der Waals surface area (Å²) in [6.45, 7) is 9.82. The summed E-state index contributed by atoms with van der Waals surface area (Å²) in [6.07, 6.45) is 1.04. The predicted octanol–water partition coefficient (Wildman–Crippen LogP) is 1.79. The fraction of sp³-hybridized carbons (Fsp3) is 1.00. The second-order valence-electron chi connectivity index (χ2n) is 3.69. The van der Waals surface area contributed by atoms with Gasteiger partial charge in [-0.15, -0.1) is 0 Å². The van der Waals surface area contributed by atoms with Crippen molar-refractivity contribution in [2.24, 2.45) is 11.7 Å². The molecule has 11 heavy (non-hydrogen) atoms. The van der Waals surface area contributed by atoms with Crippen LogP contribution in [0.25, 0.3) is 0 Å². The second kappa shape index (κ2) is 4.73. The number of hydrogen-bond acceptors (Lipinski definition) is 2. The molecule has 0 aromatic heterocycles. The molecule has 0 aliphatic carbocycles. The van der Waals surface area contributed by atoms with Crippen molar-refractivity contribution in [3.05, 3.63) is 0 Å². The van der Waals surface area contributed by atoms with E-state index < -0.39 is 0 Å². The van der Waals surface area contributed by atoms with Gasteiger partial charge in [0.15, 0.2) is 0 Å². The molecule has 2 N–H and O–H groups in total. The smallest absolute Gasteiger partial charge is 0.0778 e. The molecule has 1 atom stereocenters. The van der Waals surface area contributed by atoms with Gasteiger partial charge in [0.2, 0.25) is 0 Å². The Morgan fingerprint density at radius 2 is 2.00 bits per heavy atom. The molecule has 0 bridgehead atoms. The van der Waals surface area contributed by atoms with Gasteiger partial charge in [-0.2, -0.15) is 0 Å². The van der Waals surface area contributed by atoms with Gasteiger partial charge in [-0.3, -0.25) is 0 Å². The van der Waals surface area contributed by atoms with E-state index in [4.69, 9.17) is 10.5 Å². The van der Waals surface area contributed by atoms with Gasteiger partial charge >= 0.3 is 0 Å². The van der Waals surface area contributed by atoms with Crippen molar-refractivity contribution >= 4 is 0 Å². The maximum absolute atomic E-state index is 5.62. The van der Waals surface area contributed by atoms with Crippen LogP contribution in [0.5, 0.6) is 0 Å². The average molecular weight is 159 g/mol. The summed E-state index contributed by atoms with van der Waals surface area (Å²) in [7, 11) is 0. The molecule has 0 heterocycles. The molecular formula is C9H21NO. The average Bonchev–Trinajstić information content (AvgIpc) is 1.87. The van der Waals surface area contributed by atoms with Crippen molar-refractivity contribution in [3.8, 4) is 0 Å². The summed E-state index contributed by atoms with van der Waals surface area (Å²) in [5.74, 6) is 0.648. The van der Waals surface area contributed by atoms with E-state index in [9.17, 15) is 0 Å². The minimum Gasteiger partial charge on any atom is -0.374 e. The van der Waals surface area contributed by atoms with Crippen molar-refractivity contribution < 1.29 is 4.74 Å². The zero-order valence-electron chi connectivity index (χ0n) is 8.18. The lowest BCUT2D eigenvalue weighted by Gasteiger charge is -2.29. The van der Waals surface area contributed by atoms with E-state index in [0.29, 0.717) is 12.5 Å². The molecule has 0 aromatic carbocycles. The number of hydrogen-bond donors (Lipinski definition) is 1. The first-order valence-corrected chi connectivity index (χ1v) is 4.38. The molecule has 0 saturated heterocycles. The highest BCUT2D eigenvalue weighted by Crippen LogP contribution is 2.19. The van der Waals surface area contributed by atoms with Crippen LogP contribution in [0.2, 0.25) is 0 Å². The predicted molar refractivity (Wildman–Crippen MR) is 48.5 cm³/mol. The van der Waals surface area contributed by atoms with Crippen molar-refractivity contribution in [3.63, 3.8) is 0 Å². The molecule has 2 heteroatoms. The SMILES string of the molecule is CCOC(C)(CN)CC(C)C. The van der Waals surface area contributed by atoms with Crippen LogP contribution in [0.15, 0.2) is 0 Å². The largest absolute Gasteiger partial charge is 0.374 e. The van der Waals surface area contributed by atoms with E-state index in [-0.39, 0.29) is 5.60 Å². The Morgan fingerprint density at radius 1 is 1.45 bits per heavy atom. The molecule has 68 valence electrons. The highest BCUT2D eigenvalue weighted by atomic mass is 16.5. The van der Waals surface area contributed by atoms with Crippen molar-refractivity contribution in [2.75, 3.05) is 13.2 Å². The molecule has 0 amide bonds. The molecule has 0 aliphatic rings. The van der Waals surface area contributed by atoms with Gasteiger partial charge < -0.3 is 10.5 Å². The number of ether oxygens (including phenoxy) is 1. The van der Waals surface area contributed by atoms with Crippen LogP contribution in [0, 0.1) is 5.92 Å². The third-order valence-electron chi connectivity index (χ3n) is 1.76. The minimum absolute atomic E-state index is 0.108. The monoisotopic (exact) mass is 159 g/mol. The number of rotatable bonds is 5. The van der Waals surface area contributed by atoms with E-state index in [2.05, 4.69) is 20.8 Å². The lowest BCUT2D eigenvalue weighted by atomic mass is 9.94. The van der Waals surface area contributed by atoms with Crippen LogP contribution < -0.4 is 5.73 Å². The Kier molecular flexibility index (Phi) is 4.69. The third-order valence-corrected chi connectivity index (χ3v) is 1.76. The first kappa shape index (κ1) is 10.9. The molecule has 0 radical (unpaired) electrons. The second-order valence-corrected chi connectivity index (χ2v) is 3.69. The van der Waals surface area contributed by atoms with Gasteiger partial charge in [0.05, 0.1) is 5.60 Å². The fourth-order valence-corrected chi connectivity index (χ4v) is 1.41. The van der Waals surface area contributed by atoms with Gasteiger partial charge in [-0.25, -0.2) is 0 Å². The van der Waals surface area contributed by atoms with Crippen LogP contribution in [-0.4, -0.2) is 18.8 Å². The molecular weight excluding hydrogens is 138 g/mol. The molecule has 0 saturated carbocycles. The Bertz CT molecular complexity index is 104. The summed E-state index contributed by atoms with van der Waals surface area (Å²) < 4.78 is 5.56. The lowest BCUT2D eigenvalue weighted by Crippen LogP contribution is -2.38. The highest BCUT2D eigenvalue weighted by Gasteiger charge is 2.23. The maximum Gasteiger partial charge on any atom is 0.0778 e. The summed E-state index contributed by atoms with van der Waals surface area (Å²) >= 11 is 0. The molecule has 0 spiro atoms. The standard InChI is InChI=1S/C9H21NO/c1-5-11-9(4,7-10)6-8(2)3/h8H,5-7,10H2,1-4H3. The van der Waals surface area contributed by atoms with Crippen molar-refractivity contribution in [1.82, 2.24) is 0 Å². The van der Waals surface area contributed by atoms with E-state index in [1.165, 1.54) is 0 Å². The first-order chi connectivity index (χ1) is 5.04. The minimum atomic E-state index is -0.108. The summed E-state index contributed by atoms with van der Waals surface area (Å²) in [5, 5.41) is 0. The van der Waals surface area contributed by atoms with Crippen molar-refractivity contribution in [1.29, 1.82) is 0 Å². The van der Waals surface area contributed by atoms with Crippen LogP contribution in [0.1, 0.15) is 34.1 Å². The normalized spacial score (nSPS) is 16.9. The zero-order chi connectivity index (χ0) is 8.91. The Balaban J connectivity index is 3.87. The lowest BCUT2D eigenvalue weighted by molar-refractivity contribution is -0.0318. The maximum atomic E-state index is 5.62.